The molecular weight excluding hydrogens is 594 g/mol. The molecule has 0 radical (unpaired) electrons. The number of allylic oxidation sites excluding steroid dienone is 2. The monoisotopic (exact) mass is 621 g/mol. The van der Waals surface area contributed by atoms with Gasteiger partial charge in [0, 0.05) is 44.9 Å². The Balaban J connectivity index is 1.81. The van der Waals surface area contributed by atoms with Crippen molar-refractivity contribution in [1.29, 1.82) is 0 Å². The topological polar surface area (TPSA) is 142 Å². The standard InChI is InChI=1S/C31H28ClN3O7S/c1-3-41-30(37)25-21(23-9-6-14-43-23)16-22-26(28(25)36)24(17-7-5-8-18(32)15-17)27(31(38)42-4-2)29(33)34(22)19-10-12-20(13-11-19)35(39)40/h5-15,21,24-25H,3-4,16,33H2,1-2H3/t21-,24+,25+/m0/s1. The minimum atomic E-state index is -1.18. The molecule has 0 saturated carbocycles. The van der Waals surface area contributed by atoms with Gasteiger partial charge < -0.3 is 15.2 Å². The number of Topliss-reactive ketones (excluding diaryl/α,β-unsaturated/α-hetero) is 1. The van der Waals surface area contributed by atoms with Crippen LogP contribution in [0, 0.1) is 16.0 Å². The zero-order chi connectivity index (χ0) is 30.8. The highest BCUT2D eigenvalue weighted by atomic mass is 35.5. The molecule has 222 valence electrons. The van der Waals surface area contributed by atoms with Gasteiger partial charge in [0.15, 0.2) is 5.78 Å². The molecule has 43 heavy (non-hydrogen) atoms. The van der Waals surface area contributed by atoms with E-state index in [1.165, 1.54) is 35.6 Å². The van der Waals surface area contributed by atoms with Gasteiger partial charge >= 0.3 is 11.9 Å². The molecule has 1 aliphatic carbocycles. The Kier molecular flexibility index (Phi) is 8.65. The lowest BCUT2D eigenvalue weighted by Crippen LogP contribution is -2.46. The van der Waals surface area contributed by atoms with Gasteiger partial charge in [-0.2, -0.15) is 0 Å². The van der Waals surface area contributed by atoms with Gasteiger partial charge in [-0.05, 0) is 61.5 Å². The van der Waals surface area contributed by atoms with Crippen LogP contribution in [0.1, 0.15) is 42.5 Å². The first kappa shape index (κ1) is 30.0. The SMILES string of the molecule is CCOC(=O)C1=C(N)N(c2ccc([N+](=O)[O-])cc2)C2=C(C(=O)[C@H](C(=O)OCC)[C@H](c3cccs3)C2)[C@H]1c1cccc(Cl)c1. The minimum Gasteiger partial charge on any atom is -0.465 e. The first-order chi connectivity index (χ1) is 20.7. The first-order valence-corrected chi connectivity index (χ1v) is 14.9. The van der Waals surface area contributed by atoms with Crippen LogP contribution in [0.15, 0.2) is 88.7 Å². The number of halogens is 1. The Hall–Kier alpha value is -4.48. The third-order valence-corrected chi connectivity index (χ3v) is 8.72. The fourth-order valence-corrected chi connectivity index (χ4v) is 6.81. The number of ether oxygens (including phenoxy) is 2. The molecule has 5 rings (SSSR count). The molecule has 2 aromatic carbocycles. The third-order valence-electron chi connectivity index (χ3n) is 7.48. The van der Waals surface area contributed by atoms with Crippen molar-refractivity contribution in [3.8, 4) is 0 Å². The van der Waals surface area contributed by atoms with E-state index < -0.39 is 40.4 Å². The van der Waals surface area contributed by atoms with Crippen LogP contribution in [-0.4, -0.2) is 35.9 Å². The summed E-state index contributed by atoms with van der Waals surface area (Å²) in [4.78, 5) is 55.0. The number of nitro benzene ring substituents is 1. The number of thiophene rings is 1. The second-order valence-corrected chi connectivity index (χ2v) is 11.3. The normalized spacial score (nSPS) is 20.1. The Morgan fingerprint density at radius 3 is 2.42 bits per heavy atom. The van der Waals surface area contributed by atoms with Crippen LogP contribution in [-0.2, 0) is 23.9 Å². The van der Waals surface area contributed by atoms with E-state index in [2.05, 4.69) is 0 Å². The second kappa shape index (κ2) is 12.4. The molecular formula is C31H28ClN3O7S. The quantitative estimate of drug-likeness (QED) is 0.142. The lowest BCUT2D eigenvalue weighted by Gasteiger charge is -2.43. The van der Waals surface area contributed by atoms with Gasteiger partial charge in [0.1, 0.15) is 11.7 Å². The molecule has 0 fully saturated rings. The van der Waals surface area contributed by atoms with E-state index >= 15 is 0 Å². The molecule has 3 aromatic rings. The van der Waals surface area contributed by atoms with Crippen LogP contribution in [0.4, 0.5) is 11.4 Å². The Morgan fingerprint density at radius 1 is 1.09 bits per heavy atom. The van der Waals surface area contributed by atoms with Crippen LogP contribution in [0.2, 0.25) is 5.02 Å². The number of esters is 2. The van der Waals surface area contributed by atoms with E-state index in [1.54, 1.807) is 43.0 Å². The molecule has 0 amide bonds. The largest absolute Gasteiger partial charge is 0.465 e. The summed E-state index contributed by atoms with van der Waals surface area (Å²) in [7, 11) is 0. The zero-order valence-electron chi connectivity index (χ0n) is 23.3. The van der Waals surface area contributed by atoms with Crippen molar-refractivity contribution in [2.24, 2.45) is 11.7 Å². The summed E-state index contributed by atoms with van der Waals surface area (Å²) >= 11 is 7.79. The molecule has 0 unspecified atom stereocenters. The lowest BCUT2D eigenvalue weighted by molar-refractivity contribution is -0.384. The van der Waals surface area contributed by atoms with Crippen molar-refractivity contribution in [3.05, 3.63) is 114 Å². The van der Waals surface area contributed by atoms with Crippen LogP contribution < -0.4 is 10.6 Å². The van der Waals surface area contributed by atoms with Crippen molar-refractivity contribution >= 4 is 52.0 Å². The summed E-state index contributed by atoms with van der Waals surface area (Å²) in [5.74, 6) is -4.68. The average molecular weight is 622 g/mol. The molecule has 3 atom stereocenters. The number of ketones is 1. The van der Waals surface area contributed by atoms with E-state index in [1.807, 2.05) is 17.5 Å². The second-order valence-electron chi connectivity index (χ2n) is 9.90. The number of rotatable bonds is 8. The van der Waals surface area contributed by atoms with Gasteiger partial charge in [-0.25, -0.2) is 4.79 Å². The van der Waals surface area contributed by atoms with Gasteiger partial charge in [-0.3, -0.25) is 24.6 Å². The number of benzene rings is 2. The number of hydrogen-bond donors (Lipinski definition) is 1. The summed E-state index contributed by atoms with van der Waals surface area (Å²) in [6, 6.07) is 16.1. The highest BCUT2D eigenvalue weighted by Crippen LogP contribution is 2.52. The zero-order valence-corrected chi connectivity index (χ0v) is 24.9. The van der Waals surface area contributed by atoms with E-state index in [-0.39, 0.29) is 42.3 Å². The summed E-state index contributed by atoms with van der Waals surface area (Å²) in [6.45, 7) is 3.45. The summed E-state index contributed by atoms with van der Waals surface area (Å²) in [5, 5.41) is 13.6. The van der Waals surface area contributed by atoms with Crippen molar-refractivity contribution in [2.75, 3.05) is 18.1 Å². The number of carbonyl (C=O) groups is 3. The maximum Gasteiger partial charge on any atom is 0.338 e. The maximum absolute atomic E-state index is 14.7. The smallest absolute Gasteiger partial charge is 0.338 e. The average Bonchev–Trinajstić information content (AvgIpc) is 3.52. The molecule has 0 saturated heterocycles. The highest BCUT2D eigenvalue weighted by molar-refractivity contribution is 7.10. The van der Waals surface area contributed by atoms with Crippen molar-refractivity contribution < 1.29 is 28.8 Å². The first-order valence-electron chi connectivity index (χ1n) is 13.6. The number of nitrogens with zero attached hydrogens (tertiary/aromatic N) is 2. The minimum absolute atomic E-state index is 0.00310. The molecule has 2 heterocycles. The maximum atomic E-state index is 14.7. The van der Waals surface area contributed by atoms with E-state index in [4.69, 9.17) is 26.8 Å². The van der Waals surface area contributed by atoms with Gasteiger partial charge in [-0.15, -0.1) is 11.3 Å². The van der Waals surface area contributed by atoms with E-state index in [9.17, 15) is 24.5 Å². The fraction of sp³-hybridized carbons (Fsp3) is 0.258. The number of nitro groups is 1. The van der Waals surface area contributed by atoms with Gasteiger partial charge in [-0.1, -0.05) is 29.8 Å². The number of non-ortho nitro benzene ring substituents is 1. The predicted octanol–water partition coefficient (Wildman–Crippen LogP) is 5.84. The third kappa shape index (κ3) is 5.53. The molecule has 12 heteroatoms. The number of hydrogen-bond acceptors (Lipinski definition) is 10. The molecule has 2 N–H and O–H groups in total. The Morgan fingerprint density at radius 2 is 1.81 bits per heavy atom. The Labute approximate surface area is 256 Å². The molecule has 2 aliphatic rings. The molecule has 1 aliphatic heterocycles. The number of anilines is 1. The Bertz CT molecular complexity index is 1650. The van der Waals surface area contributed by atoms with Gasteiger partial charge in [0.25, 0.3) is 5.69 Å². The van der Waals surface area contributed by atoms with E-state index in [0.29, 0.717) is 22.0 Å². The van der Waals surface area contributed by atoms with Crippen molar-refractivity contribution in [3.63, 3.8) is 0 Å². The van der Waals surface area contributed by atoms with Crippen LogP contribution >= 0.6 is 22.9 Å². The summed E-state index contributed by atoms with van der Waals surface area (Å²) in [6.07, 6.45) is 0.190. The van der Waals surface area contributed by atoms with Gasteiger partial charge in [0.2, 0.25) is 0 Å². The van der Waals surface area contributed by atoms with Crippen molar-refractivity contribution in [1.82, 2.24) is 0 Å². The molecule has 0 spiro atoms. The van der Waals surface area contributed by atoms with E-state index in [0.717, 1.165) is 4.88 Å². The highest BCUT2D eigenvalue weighted by Gasteiger charge is 2.51. The fourth-order valence-electron chi connectivity index (χ4n) is 5.75. The molecule has 1 aromatic heterocycles. The predicted molar refractivity (Wildman–Crippen MR) is 161 cm³/mol. The summed E-state index contributed by atoms with van der Waals surface area (Å²) < 4.78 is 10.8. The molecule has 0 bridgehead atoms. The molecule has 10 nitrogen and oxygen atoms in total. The van der Waals surface area contributed by atoms with Crippen molar-refractivity contribution in [2.45, 2.75) is 32.1 Å². The number of nitrogens with two attached hydrogens (primary N) is 1. The van der Waals surface area contributed by atoms with Crippen LogP contribution in [0.25, 0.3) is 0 Å². The van der Waals surface area contributed by atoms with Crippen LogP contribution in [0.5, 0.6) is 0 Å². The summed E-state index contributed by atoms with van der Waals surface area (Å²) in [5.41, 5.74) is 8.23. The lowest BCUT2D eigenvalue weighted by atomic mass is 9.68. The van der Waals surface area contributed by atoms with Gasteiger partial charge in [0.05, 0.1) is 29.6 Å². The van der Waals surface area contributed by atoms with Crippen LogP contribution in [0.3, 0.4) is 0 Å². The number of carbonyl (C=O) groups excluding carboxylic acids is 3.